The largest absolute Gasteiger partial charge is 0.502 e. The van der Waals surface area contributed by atoms with E-state index in [0.29, 0.717) is 24.0 Å². The molecule has 0 unspecified atom stereocenters. The summed E-state index contributed by atoms with van der Waals surface area (Å²) in [5.41, 5.74) is 3.12. The van der Waals surface area contributed by atoms with E-state index in [4.69, 9.17) is 9.47 Å². The number of hydrogen-bond acceptors (Lipinski definition) is 5. The van der Waals surface area contributed by atoms with Crippen molar-refractivity contribution in [1.82, 2.24) is 20.4 Å². The van der Waals surface area contributed by atoms with Crippen molar-refractivity contribution in [3.63, 3.8) is 0 Å². The highest BCUT2D eigenvalue weighted by atomic mass is 127. The van der Waals surface area contributed by atoms with Crippen LogP contribution in [0.15, 0.2) is 23.2 Å². The van der Waals surface area contributed by atoms with Crippen LogP contribution >= 0.6 is 24.0 Å². The number of hydrogen-bond donors (Lipinski definition) is 3. The van der Waals surface area contributed by atoms with Crippen LogP contribution in [0.25, 0.3) is 0 Å². The Morgan fingerprint density at radius 2 is 1.79 bits per heavy atom. The summed E-state index contributed by atoms with van der Waals surface area (Å²) in [4.78, 5) is 4.23. The summed E-state index contributed by atoms with van der Waals surface area (Å²) in [5, 5.41) is 21.0. The van der Waals surface area contributed by atoms with E-state index in [1.165, 1.54) is 19.9 Å². The number of guanidine groups is 1. The lowest BCUT2D eigenvalue weighted by atomic mass is 10.2. The number of phenols is 1. The maximum atomic E-state index is 9.98. The topological polar surface area (TPSA) is 92.9 Å². The van der Waals surface area contributed by atoms with Gasteiger partial charge in [-0.25, -0.2) is 0 Å². The van der Waals surface area contributed by atoms with Crippen LogP contribution in [0.3, 0.4) is 0 Å². The standard InChI is InChI=1S/C19H29N5O3.HI/c1-13-9-14(2)24(23-13)8-6-7-21-19(20-3)22-12-15-10-16(26-4)18(25)17(11-15)27-5;/h9-11,25H,6-8,12H2,1-5H3,(H2,20,21,22);1H. The first-order valence-electron chi connectivity index (χ1n) is 8.88. The lowest BCUT2D eigenvalue weighted by Gasteiger charge is -2.14. The maximum absolute atomic E-state index is 9.98. The van der Waals surface area contributed by atoms with E-state index in [9.17, 15) is 5.11 Å². The molecule has 1 heterocycles. The Balaban J connectivity index is 0.00000392. The highest BCUT2D eigenvalue weighted by Crippen LogP contribution is 2.36. The Kier molecular flexibility index (Phi) is 9.91. The Morgan fingerprint density at radius 3 is 2.29 bits per heavy atom. The highest BCUT2D eigenvalue weighted by molar-refractivity contribution is 14.0. The SMILES string of the molecule is CN=C(NCCCn1nc(C)cc1C)NCc1cc(OC)c(O)c(OC)c1.I. The first-order valence-corrected chi connectivity index (χ1v) is 8.88. The van der Waals surface area contributed by atoms with E-state index in [0.717, 1.165) is 30.8 Å². The fraction of sp³-hybridized carbons (Fsp3) is 0.474. The number of aryl methyl sites for hydroxylation is 3. The predicted molar refractivity (Wildman–Crippen MR) is 121 cm³/mol. The summed E-state index contributed by atoms with van der Waals surface area (Å²) in [7, 11) is 4.75. The van der Waals surface area contributed by atoms with Crippen molar-refractivity contribution >= 4 is 29.9 Å². The van der Waals surface area contributed by atoms with Gasteiger partial charge in [0.05, 0.1) is 19.9 Å². The number of nitrogens with zero attached hydrogens (tertiary/aromatic N) is 3. The molecule has 0 aliphatic heterocycles. The Hall–Kier alpha value is -2.17. The van der Waals surface area contributed by atoms with Gasteiger partial charge in [-0.2, -0.15) is 5.10 Å². The zero-order valence-corrected chi connectivity index (χ0v) is 19.4. The number of methoxy groups -OCH3 is 2. The summed E-state index contributed by atoms with van der Waals surface area (Å²) in [6.45, 7) is 6.22. The minimum absolute atomic E-state index is 0. The van der Waals surface area contributed by atoms with E-state index in [1.807, 2.05) is 11.6 Å². The molecule has 0 fully saturated rings. The van der Waals surface area contributed by atoms with Gasteiger partial charge in [0.25, 0.3) is 0 Å². The number of aromatic hydroxyl groups is 1. The van der Waals surface area contributed by atoms with E-state index in [1.54, 1.807) is 19.2 Å². The lowest BCUT2D eigenvalue weighted by Crippen LogP contribution is -2.37. The van der Waals surface area contributed by atoms with E-state index < -0.39 is 0 Å². The molecular weight excluding hydrogens is 473 g/mol. The van der Waals surface area contributed by atoms with Gasteiger partial charge in [-0.3, -0.25) is 9.67 Å². The summed E-state index contributed by atoms with van der Waals surface area (Å²) >= 11 is 0. The van der Waals surface area contributed by atoms with E-state index in [-0.39, 0.29) is 29.7 Å². The molecule has 0 bridgehead atoms. The third-order valence-electron chi connectivity index (χ3n) is 4.17. The second-order valence-electron chi connectivity index (χ2n) is 6.21. The molecule has 1 aromatic carbocycles. The molecule has 1 aromatic heterocycles. The Bertz CT molecular complexity index is 767. The van der Waals surface area contributed by atoms with Gasteiger partial charge in [-0.15, -0.1) is 24.0 Å². The van der Waals surface area contributed by atoms with Crippen LogP contribution in [0.4, 0.5) is 0 Å². The molecule has 156 valence electrons. The molecule has 8 nitrogen and oxygen atoms in total. The van der Waals surface area contributed by atoms with Crippen LogP contribution in [0.5, 0.6) is 17.2 Å². The summed E-state index contributed by atoms with van der Waals surface area (Å²) in [5.74, 6) is 1.45. The summed E-state index contributed by atoms with van der Waals surface area (Å²) < 4.78 is 12.4. The third-order valence-corrected chi connectivity index (χ3v) is 4.17. The van der Waals surface area contributed by atoms with Gasteiger partial charge in [0.1, 0.15) is 0 Å². The third kappa shape index (κ3) is 6.47. The van der Waals surface area contributed by atoms with Crippen LogP contribution in [-0.2, 0) is 13.1 Å². The monoisotopic (exact) mass is 503 g/mol. The fourth-order valence-corrected chi connectivity index (χ4v) is 2.79. The highest BCUT2D eigenvalue weighted by Gasteiger charge is 2.11. The summed E-state index contributed by atoms with van der Waals surface area (Å²) in [6.07, 6.45) is 0.934. The average molecular weight is 503 g/mol. The molecule has 28 heavy (non-hydrogen) atoms. The molecule has 0 saturated carbocycles. The molecule has 0 radical (unpaired) electrons. The van der Waals surface area contributed by atoms with Crippen LogP contribution < -0.4 is 20.1 Å². The lowest BCUT2D eigenvalue weighted by molar-refractivity contribution is 0.339. The first-order chi connectivity index (χ1) is 13.0. The Morgan fingerprint density at radius 1 is 1.14 bits per heavy atom. The smallest absolute Gasteiger partial charge is 0.200 e. The molecule has 3 N–H and O–H groups in total. The quantitative estimate of drug-likeness (QED) is 0.222. The molecule has 2 aromatic rings. The number of halogens is 1. The molecule has 0 atom stereocenters. The van der Waals surface area contributed by atoms with Crippen LogP contribution in [0.1, 0.15) is 23.4 Å². The second kappa shape index (κ2) is 11.6. The number of ether oxygens (including phenoxy) is 2. The van der Waals surface area contributed by atoms with Gasteiger partial charge < -0.3 is 25.2 Å². The van der Waals surface area contributed by atoms with Gasteiger partial charge in [-0.05, 0) is 44.0 Å². The molecule has 0 amide bonds. The average Bonchev–Trinajstić information content (AvgIpc) is 2.99. The molecule has 0 spiro atoms. The molecule has 0 saturated heterocycles. The van der Waals surface area contributed by atoms with Crippen molar-refractivity contribution in [2.24, 2.45) is 4.99 Å². The van der Waals surface area contributed by atoms with Crippen molar-refractivity contribution in [2.75, 3.05) is 27.8 Å². The number of rotatable bonds is 8. The number of nitrogens with one attached hydrogen (secondary N) is 2. The molecule has 2 rings (SSSR count). The van der Waals surface area contributed by atoms with Crippen molar-refractivity contribution < 1.29 is 14.6 Å². The van der Waals surface area contributed by atoms with Crippen molar-refractivity contribution in [3.8, 4) is 17.2 Å². The Labute approximate surface area is 183 Å². The van der Waals surface area contributed by atoms with Gasteiger partial charge in [0.15, 0.2) is 17.5 Å². The van der Waals surface area contributed by atoms with Crippen molar-refractivity contribution in [2.45, 2.75) is 33.4 Å². The minimum Gasteiger partial charge on any atom is -0.502 e. The van der Waals surface area contributed by atoms with Crippen LogP contribution in [0.2, 0.25) is 0 Å². The number of phenolic OH excluding ortho intramolecular Hbond substituents is 1. The first kappa shape index (κ1) is 23.9. The van der Waals surface area contributed by atoms with E-state index in [2.05, 4.69) is 33.7 Å². The zero-order chi connectivity index (χ0) is 19.8. The number of benzene rings is 1. The molecule has 9 heteroatoms. The molecular formula is C19H30IN5O3. The maximum Gasteiger partial charge on any atom is 0.200 e. The van der Waals surface area contributed by atoms with Gasteiger partial charge >= 0.3 is 0 Å². The van der Waals surface area contributed by atoms with Crippen LogP contribution in [-0.4, -0.2) is 48.7 Å². The minimum atomic E-state index is -0.00425. The zero-order valence-electron chi connectivity index (χ0n) is 17.1. The molecule has 0 aliphatic carbocycles. The summed E-state index contributed by atoms with van der Waals surface area (Å²) in [6, 6.07) is 5.61. The second-order valence-corrected chi connectivity index (χ2v) is 6.21. The number of aliphatic imine (C=N–C) groups is 1. The van der Waals surface area contributed by atoms with E-state index >= 15 is 0 Å². The van der Waals surface area contributed by atoms with Gasteiger partial charge in [0, 0.05) is 32.4 Å². The van der Waals surface area contributed by atoms with Crippen molar-refractivity contribution in [1.29, 1.82) is 0 Å². The normalized spacial score (nSPS) is 11.0. The fourth-order valence-electron chi connectivity index (χ4n) is 2.79. The van der Waals surface area contributed by atoms with Crippen LogP contribution in [0, 0.1) is 13.8 Å². The number of aromatic nitrogens is 2. The van der Waals surface area contributed by atoms with Crippen molar-refractivity contribution in [3.05, 3.63) is 35.2 Å². The van der Waals surface area contributed by atoms with Gasteiger partial charge in [-0.1, -0.05) is 0 Å². The van der Waals surface area contributed by atoms with Gasteiger partial charge in [0.2, 0.25) is 5.75 Å². The predicted octanol–water partition coefficient (Wildman–Crippen LogP) is 2.60. The molecule has 0 aliphatic rings.